The lowest BCUT2D eigenvalue weighted by molar-refractivity contribution is 0.597. The molecule has 5 nitrogen and oxygen atoms in total. The van der Waals surface area contributed by atoms with Crippen molar-refractivity contribution in [3.05, 3.63) is 53.9 Å². The lowest BCUT2D eigenvalue weighted by Crippen LogP contribution is -2.38. The summed E-state index contributed by atoms with van der Waals surface area (Å²) in [5.41, 5.74) is 2.52. The Balaban J connectivity index is 0.00000220. The molecule has 1 aromatic carbocycles. The monoisotopic (exact) mass is 399 g/mol. The minimum atomic E-state index is 0. The molecule has 1 heterocycles. The molecule has 0 saturated carbocycles. The van der Waals surface area contributed by atoms with Crippen LogP contribution >= 0.6 is 24.0 Å². The summed E-state index contributed by atoms with van der Waals surface area (Å²) in [4.78, 5) is 4.21. The van der Waals surface area contributed by atoms with Gasteiger partial charge in [0.05, 0.1) is 6.54 Å². The van der Waals surface area contributed by atoms with Gasteiger partial charge in [0.15, 0.2) is 5.96 Å². The maximum Gasteiger partial charge on any atom is 0.191 e. The van der Waals surface area contributed by atoms with Gasteiger partial charge < -0.3 is 10.6 Å². The third-order valence-electron chi connectivity index (χ3n) is 2.96. The molecule has 6 heteroatoms. The van der Waals surface area contributed by atoms with Crippen molar-refractivity contribution < 1.29 is 0 Å². The Morgan fingerprint density at radius 1 is 1.29 bits per heavy atom. The smallest absolute Gasteiger partial charge is 0.191 e. The predicted molar refractivity (Wildman–Crippen MR) is 97.0 cm³/mol. The van der Waals surface area contributed by atoms with E-state index in [9.17, 15) is 0 Å². The molecule has 1 aromatic heterocycles. The number of aromatic nitrogens is 2. The Morgan fingerprint density at radius 2 is 2.14 bits per heavy atom. The zero-order chi connectivity index (χ0) is 14.2. The highest BCUT2D eigenvalue weighted by molar-refractivity contribution is 14.0. The average molecular weight is 399 g/mol. The van der Waals surface area contributed by atoms with Gasteiger partial charge in [0.1, 0.15) is 0 Å². The minimum absolute atomic E-state index is 0. The van der Waals surface area contributed by atoms with Crippen LogP contribution in [0.2, 0.25) is 0 Å². The van der Waals surface area contributed by atoms with Gasteiger partial charge in [0, 0.05) is 32.5 Å². The number of nitrogens with one attached hydrogen (secondary N) is 2. The summed E-state index contributed by atoms with van der Waals surface area (Å²) in [5, 5.41) is 10.7. The SMILES string of the molecule is CN=C(NCCn1cccn1)NCc1cccc(C)c1.I. The average Bonchev–Trinajstić information content (AvgIpc) is 2.96. The molecule has 0 amide bonds. The van der Waals surface area contributed by atoms with Crippen LogP contribution in [0.15, 0.2) is 47.7 Å². The molecule has 0 aliphatic carbocycles. The number of hydrogen-bond donors (Lipinski definition) is 2. The third-order valence-corrected chi connectivity index (χ3v) is 2.96. The molecular formula is C15H22IN5. The van der Waals surface area contributed by atoms with E-state index in [-0.39, 0.29) is 24.0 Å². The van der Waals surface area contributed by atoms with Crippen LogP contribution in [0.1, 0.15) is 11.1 Å². The molecule has 0 aliphatic rings. The summed E-state index contributed by atoms with van der Waals surface area (Å²) in [7, 11) is 1.78. The number of hydrogen-bond acceptors (Lipinski definition) is 2. The quantitative estimate of drug-likeness (QED) is 0.461. The second-order valence-corrected chi connectivity index (χ2v) is 4.61. The second kappa shape index (κ2) is 9.38. The number of nitrogens with zero attached hydrogens (tertiary/aromatic N) is 3. The molecule has 0 saturated heterocycles. The maximum atomic E-state index is 4.21. The molecule has 0 bridgehead atoms. The zero-order valence-electron chi connectivity index (χ0n) is 12.4. The van der Waals surface area contributed by atoms with Crippen molar-refractivity contribution in [1.82, 2.24) is 20.4 Å². The summed E-state index contributed by atoms with van der Waals surface area (Å²) in [5.74, 6) is 0.804. The first-order valence-corrected chi connectivity index (χ1v) is 6.75. The standard InChI is InChI=1S/C15H21N5.HI/c1-13-5-3-6-14(11-13)12-18-15(16-2)17-8-10-20-9-4-7-19-20;/h3-7,9,11H,8,10,12H2,1-2H3,(H2,16,17,18);1H. The van der Waals surface area contributed by atoms with E-state index in [1.165, 1.54) is 11.1 Å². The zero-order valence-corrected chi connectivity index (χ0v) is 14.7. The van der Waals surface area contributed by atoms with Crippen molar-refractivity contribution in [3.8, 4) is 0 Å². The van der Waals surface area contributed by atoms with Crippen molar-refractivity contribution in [3.63, 3.8) is 0 Å². The normalized spacial score (nSPS) is 10.9. The Morgan fingerprint density at radius 3 is 2.81 bits per heavy atom. The molecule has 0 spiro atoms. The fourth-order valence-electron chi connectivity index (χ4n) is 1.95. The molecule has 0 aliphatic heterocycles. The van der Waals surface area contributed by atoms with Gasteiger partial charge in [-0.1, -0.05) is 29.8 Å². The number of halogens is 1. The summed E-state index contributed by atoms with van der Waals surface area (Å²) >= 11 is 0. The van der Waals surface area contributed by atoms with Crippen LogP contribution in [-0.2, 0) is 13.1 Å². The number of rotatable bonds is 5. The first-order valence-electron chi connectivity index (χ1n) is 6.75. The second-order valence-electron chi connectivity index (χ2n) is 4.61. The van der Waals surface area contributed by atoms with Gasteiger partial charge in [-0.3, -0.25) is 9.67 Å². The molecule has 0 fully saturated rings. The molecule has 0 radical (unpaired) electrons. The van der Waals surface area contributed by atoms with Crippen molar-refractivity contribution in [2.45, 2.75) is 20.0 Å². The highest BCUT2D eigenvalue weighted by atomic mass is 127. The summed E-state index contributed by atoms with van der Waals surface area (Å²) in [6.45, 7) is 4.47. The minimum Gasteiger partial charge on any atom is -0.355 e. The van der Waals surface area contributed by atoms with Gasteiger partial charge in [0.2, 0.25) is 0 Å². The first kappa shape index (κ1) is 17.5. The van der Waals surface area contributed by atoms with Crippen LogP contribution in [0.5, 0.6) is 0 Å². The maximum absolute atomic E-state index is 4.21. The number of aryl methyl sites for hydroxylation is 1. The molecule has 114 valence electrons. The largest absolute Gasteiger partial charge is 0.355 e. The lowest BCUT2D eigenvalue weighted by atomic mass is 10.1. The van der Waals surface area contributed by atoms with Gasteiger partial charge in [0.25, 0.3) is 0 Å². The third kappa shape index (κ3) is 6.16. The molecular weight excluding hydrogens is 377 g/mol. The summed E-state index contributed by atoms with van der Waals surface area (Å²) in [6, 6.07) is 10.4. The lowest BCUT2D eigenvalue weighted by Gasteiger charge is -2.12. The van der Waals surface area contributed by atoms with E-state index in [0.717, 1.165) is 25.6 Å². The van der Waals surface area contributed by atoms with Crippen LogP contribution in [0, 0.1) is 6.92 Å². The van der Waals surface area contributed by atoms with Gasteiger partial charge in [-0.05, 0) is 18.6 Å². The van der Waals surface area contributed by atoms with Crippen LogP contribution in [0.4, 0.5) is 0 Å². The van der Waals surface area contributed by atoms with Gasteiger partial charge in [-0.15, -0.1) is 24.0 Å². The predicted octanol–water partition coefficient (Wildman–Crippen LogP) is 2.17. The van der Waals surface area contributed by atoms with E-state index >= 15 is 0 Å². The Bertz CT molecular complexity index is 551. The highest BCUT2D eigenvalue weighted by Crippen LogP contribution is 2.02. The topological polar surface area (TPSA) is 54.2 Å². The molecule has 0 atom stereocenters. The van der Waals surface area contributed by atoms with Crippen molar-refractivity contribution in [2.24, 2.45) is 4.99 Å². The number of guanidine groups is 1. The summed E-state index contributed by atoms with van der Waals surface area (Å²) < 4.78 is 1.89. The molecule has 2 rings (SSSR count). The van der Waals surface area contributed by atoms with Crippen molar-refractivity contribution in [2.75, 3.05) is 13.6 Å². The number of benzene rings is 1. The molecule has 2 aromatic rings. The van der Waals surface area contributed by atoms with Gasteiger partial charge in [-0.2, -0.15) is 5.10 Å². The van der Waals surface area contributed by atoms with E-state index in [0.29, 0.717) is 0 Å². The fourth-order valence-corrected chi connectivity index (χ4v) is 1.95. The van der Waals surface area contributed by atoms with Crippen LogP contribution in [0.25, 0.3) is 0 Å². The van der Waals surface area contributed by atoms with E-state index in [4.69, 9.17) is 0 Å². The van der Waals surface area contributed by atoms with Crippen molar-refractivity contribution in [1.29, 1.82) is 0 Å². The molecule has 0 unspecified atom stereocenters. The number of aliphatic imine (C=N–C) groups is 1. The Kier molecular flexibility index (Phi) is 7.81. The Hall–Kier alpha value is -1.57. The van der Waals surface area contributed by atoms with Gasteiger partial charge >= 0.3 is 0 Å². The van der Waals surface area contributed by atoms with Gasteiger partial charge in [-0.25, -0.2) is 0 Å². The van der Waals surface area contributed by atoms with E-state index < -0.39 is 0 Å². The van der Waals surface area contributed by atoms with Crippen LogP contribution in [-0.4, -0.2) is 29.3 Å². The summed E-state index contributed by atoms with van der Waals surface area (Å²) in [6.07, 6.45) is 3.73. The van der Waals surface area contributed by atoms with E-state index in [2.05, 4.69) is 51.9 Å². The van der Waals surface area contributed by atoms with E-state index in [1.54, 1.807) is 13.2 Å². The van der Waals surface area contributed by atoms with Crippen LogP contribution < -0.4 is 10.6 Å². The fraction of sp³-hybridized carbons (Fsp3) is 0.333. The molecule has 21 heavy (non-hydrogen) atoms. The van der Waals surface area contributed by atoms with Crippen LogP contribution in [0.3, 0.4) is 0 Å². The van der Waals surface area contributed by atoms with E-state index in [1.807, 2.05) is 16.9 Å². The molecule has 2 N–H and O–H groups in total. The van der Waals surface area contributed by atoms with Crippen molar-refractivity contribution >= 4 is 29.9 Å². The first-order chi connectivity index (χ1) is 9.78. The Labute approximate surface area is 142 Å². The highest BCUT2D eigenvalue weighted by Gasteiger charge is 1.98.